The molecule has 3 aromatic rings. The van der Waals surface area contributed by atoms with Crippen molar-refractivity contribution in [3.05, 3.63) is 84.2 Å². The molecule has 0 aliphatic rings. The Balaban J connectivity index is 1.86. The van der Waals surface area contributed by atoms with Crippen molar-refractivity contribution < 1.29 is 14.6 Å². The third-order valence-corrected chi connectivity index (χ3v) is 4.03. The second-order valence-corrected chi connectivity index (χ2v) is 5.81. The van der Waals surface area contributed by atoms with Crippen LogP contribution >= 0.6 is 0 Å². The number of nitrogens with zero attached hydrogens (tertiary/aromatic N) is 2. The van der Waals surface area contributed by atoms with E-state index in [2.05, 4.69) is 4.98 Å². The topological polar surface area (TPSA) is 62.7 Å². The number of benzene rings is 2. The summed E-state index contributed by atoms with van der Waals surface area (Å²) in [4.78, 5) is 18.8. The molecule has 0 saturated heterocycles. The number of hydrogen-bond donors (Lipinski definition) is 1. The molecule has 0 atom stereocenters. The Morgan fingerprint density at radius 2 is 1.77 bits per heavy atom. The molecule has 0 aliphatic heterocycles. The van der Waals surface area contributed by atoms with Crippen LogP contribution in [0.1, 0.15) is 11.3 Å². The zero-order valence-electron chi connectivity index (χ0n) is 14.5. The average Bonchev–Trinajstić information content (AvgIpc) is 2.68. The number of para-hydroxylation sites is 2. The van der Waals surface area contributed by atoms with E-state index in [1.165, 1.54) is 0 Å². The molecule has 3 rings (SSSR count). The first kappa shape index (κ1) is 17.5. The van der Waals surface area contributed by atoms with Crippen molar-refractivity contribution in [1.82, 2.24) is 4.98 Å². The van der Waals surface area contributed by atoms with Crippen LogP contribution in [0.4, 0.5) is 5.69 Å². The average molecular weight is 348 g/mol. The fraction of sp³-hybridized carbons (Fsp3) is 0.143. The van der Waals surface area contributed by atoms with Crippen LogP contribution in [0.15, 0.2) is 72.9 Å². The first-order chi connectivity index (χ1) is 12.7. The first-order valence-corrected chi connectivity index (χ1v) is 8.28. The van der Waals surface area contributed by atoms with Crippen molar-refractivity contribution >= 4 is 11.6 Å². The summed E-state index contributed by atoms with van der Waals surface area (Å²) >= 11 is 0. The van der Waals surface area contributed by atoms with Gasteiger partial charge in [-0.2, -0.15) is 0 Å². The first-order valence-electron chi connectivity index (χ1n) is 8.28. The lowest BCUT2D eigenvalue weighted by Crippen LogP contribution is -2.32. The van der Waals surface area contributed by atoms with Crippen molar-refractivity contribution in [2.45, 2.75) is 13.0 Å². The second-order valence-electron chi connectivity index (χ2n) is 5.81. The van der Waals surface area contributed by atoms with Crippen LogP contribution in [-0.4, -0.2) is 23.1 Å². The largest absolute Gasteiger partial charge is 0.506 e. The number of amides is 1. The van der Waals surface area contributed by atoms with E-state index in [-0.39, 0.29) is 24.6 Å². The molecule has 1 aromatic heterocycles. The zero-order valence-corrected chi connectivity index (χ0v) is 14.5. The number of phenolic OH excluding ortho intramolecular Hbond substituents is 1. The van der Waals surface area contributed by atoms with Crippen LogP contribution in [0.5, 0.6) is 11.5 Å². The predicted molar refractivity (Wildman–Crippen MR) is 100 cm³/mol. The number of pyridine rings is 1. The Hall–Kier alpha value is -3.34. The highest BCUT2D eigenvalue weighted by molar-refractivity contribution is 5.96. The summed E-state index contributed by atoms with van der Waals surface area (Å²) in [5.74, 6) is 0.682. The van der Waals surface area contributed by atoms with E-state index in [0.29, 0.717) is 5.69 Å². The molecule has 5 nitrogen and oxygen atoms in total. The Kier molecular flexibility index (Phi) is 5.49. The minimum absolute atomic E-state index is 0.0616. The van der Waals surface area contributed by atoms with E-state index in [0.717, 1.165) is 17.0 Å². The Morgan fingerprint density at radius 1 is 1.04 bits per heavy atom. The van der Waals surface area contributed by atoms with Gasteiger partial charge in [-0.05, 0) is 42.0 Å². The molecule has 5 heteroatoms. The number of aromatic hydroxyl groups is 1. The minimum atomic E-state index is -0.123. The summed E-state index contributed by atoms with van der Waals surface area (Å²) < 4.78 is 5.15. The number of rotatable bonds is 6. The smallest absolute Gasteiger partial charge is 0.231 e. The van der Waals surface area contributed by atoms with Gasteiger partial charge in [0.1, 0.15) is 11.5 Å². The third kappa shape index (κ3) is 4.19. The molecule has 0 aliphatic carbocycles. The van der Waals surface area contributed by atoms with Gasteiger partial charge in [0.2, 0.25) is 5.91 Å². The number of methoxy groups -OCH3 is 1. The highest BCUT2D eigenvalue weighted by Gasteiger charge is 2.20. The van der Waals surface area contributed by atoms with Crippen LogP contribution in [-0.2, 0) is 17.8 Å². The van der Waals surface area contributed by atoms with Gasteiger partial charge >= 0.3 is 0 Å². The molecule has 132 valence electrons. The second kappa shape index (κ2) is 8.16. The number of hydrogen-bond acceptors (Lipinski definition) is 4. The molecular formula is C21H20N2O3. The normalized spacial score (nSPS) is 10.3. The fourth-order valence-electron chi connectivity index (χ4n) is 2.67. The van der Waals surface area contributed by atoms with E-state index in [9.17, 15) is 9.90 Å². The van der Waals surface area contributed by atoms with E-state index in [1.54, 1.807) is 42.5 Å². The van der Waals surface area contributed by atoms with Gasteiger partial charge < -0.3 is 14.7 Å². The van der Waals surface area contributed by atoms with Crippen LogP contribution in [0.3, 0.4) is 0 Å². The van der Waals surface area contributed by atoms with Gasteiger partial charge in [0.25, 0.3) is 0 Å². The molecule has 0 unspecified atom stereocenters. The van der Waals surface area contributed by atoms with Gasteiger partial charge in [0.05, 0.1) is 31.5 Å². The minimum Gasteiger partial charge on any atom is -0.506 e. The summed E-state index contributed by atoms with van der Waals surface area (Å²) in [6.45, 7) is 0.285. The number of carbonyl (C=O) groups is 1. The van der Waals surface area contributed by atoms with Gasteiger partial charge in [-0.15, -0.1) is 0 Å². The molecule has 2 aromatic carbocycles. The molecular weight excluding hydrogens is 328 g/mol. The fourth-order valence-corrected chi connectivity index (χ4v) is 2.67. The van der Waals surface area contributed by atoms with Crippen LogP contribution < -0.4 is 9.64 Å². The third-order valence-electron chi connectivity index (χ3n) is 4.03. The highest BCUT2D eigenvalue weighted by atomic mass is 16.5. The van der Waals surface area contributed by atoms with Crippen molar-refractivity contribution in [1.29, 1.82) is 0 Å². The number of anilines is 1. The zero-order chi connectivity index (χ0) is 18.4. The number of carbonyl (C=O) groups excluding carboxylic acids is 1. The quantitative estimate of drug-likeness (QED) is 0.740. The van der Waals surface area contributed by atoms with Gasteiger partial charge in [0.15, 0.2) is 0 Å². The van der Waals surface area contributed by atoms with Crippen LogP contribution in [0.25, 0.3) is 0 Å². The molecule has 1 N–H and O–H groups in total. The lowest BCUT2D eigenvalue weighted by Gasteiger charge is -2.23. The number of phenols is 1. The van der Waals surface area contributed by atoms with Gasteiger partial charge in [0, 0.05) is 6.20 Å². The van der Waals surface area contributed by atoms with E-state index in [4.69, 9.17) is 4.74 Å². The highest BCUT2D eigenvalue weighted by Crippen LogP contribution is 2.28. The lowest BCUT2D eigenvalue weighted by atomic mass is 10.1. The molecule has 0 radical (unpaired) electrons. The monoisotopic (exact) mass is 348 g/mol. The van der Waals surface area contributed by atoms with Gasteiger partial charge in [-0.1, -0.05) is 30.3 Å². The molecule has 26 heavy (non-hydrogen) atoms. The van der Waals surface area contributed by atoms with Crippen LogP contribution in [0, 0.1) is 0 Å². The Labute approximate surface area is 152 Å². The summed E-state index contributed by atoms with van der Waals surface area (Å²) in [6, 6.07) is 19.7. The maximum atomic E-state index is 13.0. The summed E-state index contributed by atoms with van der Waals surface area (Å²) in [5, 5.41) is 10.2. The Morgan fingerprint density at radius 3 is 2.42 bits per heavy atom. The van der Waals surface area contributed by atoms with E-state index in [1.807, 2.05) is 42.5 Å². The predicted octanol–water partition coefficient (Wildman–Crippen LogP) is 3.57. The molecule has 1 heterocycles. The maximum absolute atomic E-state index is 13.0. The standard InChI is InChI=1S/C21H20N2O3/c1-26-18-11-9-16(10-12-18)14-21(25)23(15-17-6-4-5-13-22-17)19-7-2-3-8-20(19)24/h2-13,24H,14-15H2,1H3. The summed E-state index contributed by atoms with van der Waals surface area (Å²) in [7, 11) is 1.60. The van der Waals surface area contributed by atoms with Gasteiger partial charge in [-0.3, -0.25) is 9.78 Å². The van der Waals surface area contributed by atoms with Crippen LogP contribution in [0.2, 0.25) is 0 Å². The molecule has 0 saturated carbocycles. The number of aromatic nitrogens is 1. The summed E-state index contributed by atoms with van der Waals surface area (Å²) in [6.07, 6.45) is 1.90. The number of ether oxygens (including phenoxy) is 1. The Bertz CT molecular complexity index is 864. The molecule has 0 fully saturated rings. The lowest BCUT2D eigenvalue weighted by molar-refractivity contribution is -0.118. The van der Waals surface area contributed by atoms with Crippen molar-refractivity contribution in [2.75, 3.05) is 12.0 Å². The SMILES string of the molecule is COc1ccc(CC(=O)N(Cc2ccccn2)c2ccccc2O)cc1. The molecule has 1 amide bonds. The van der Waals surface area contributed by atoms with Crippen molar-refractivity contribution in [2.24, 2.45) is 0 Å². The van der Waals surface area contributed by atoms with Gasteiger partial charge in [-0.25, -0.2) is 0 Å². The molecule has 0 bridgehead atoms. The van der Waals surface area contributed by atoms with E-state index < -0.39 is 0 Å². The van der Waals surface area contributed by atoms with E-state index >= 15 is 0 Å². The van der Waals surface area contributed by atoms with Crippen molar-refractivity contribution in [3.8, 4) is 11.5 Å². The summed E-state index contributed by atoms with van der Waals surface area (Å²) in [5.41, 5.74) is 2.09. The maximum Gasteiger partial charge on any atom is 0.231 e. The molecule has 0 spiro atoms. The van der Waals surface area contributed by atoms with Crippen molar-refractivity contribution in [3.63, 3.8) is 0 Å².